The van der Waals surface area contributed by atoms with Crippen LogP contribution in [0.4, 0.5) is 0 Å². The average Bonchev–Trinajstić information content (AvgIpc) is 2.97. The average molecular weight is 618 g/mol. The maximum absolute atomic E-state index is 13.2. The highest BCUT2D eigenvalue weighted by molar-refractivity contribution is 7.48. The topological polar surface area (TPSA) is 48.0 Å². The second kappa shape index (κ2) is 34.0. The van der Waals surface area contributed by atoms with Gasteiger partial charge in [0.25, 0.3) is 0 Å². The molecule has 0 heterocycles. The fourth-order valence-corrected chi connectivity index (χ4v) is 6.63. The third kappa shape index (κ3) is 33.0. The van der Waals surface area contributed by atoms with Crippen LogP contribution < -0.4 is 0 Å². The van der Waals surface area contributed by atoms with E-state index in [0.29, 0.717) is 26.4 Å². The monoisotopic (exact) mass is 618 g/mol. The summed E-state index contributed by atoms with van der Waals surface area (Å²) in [5.41, 5.74) is 0. The third-order valence-corrected chi connectivity index (χ3v) is 9.78. The van der Waals surface area contributed by atoms with Gasteiger partial charge in [0.15, 0.2) is 0 Å². The van der Waals surface area contributed by atoms with E-state index in [1.165, 1.54) is 154 Å². The lowest BCUT2D eigenvalue weighted by molar-refractivity contribution is 0.104. The van der Waals surface area contributed by atoms with Crippen LogP contribution in [0.2, 0.25) is 0 Å². The van der Waals surface area contributed by atoms with Crippen molar-refractivity contribution in [2.75, 3.05) is 40.5 Å². The van der Waals surface area contributed by atoms with Gasteiger partial charge in [-0.2, -0.15) is 0 Å². The molecule has 0 atom stereocenters. The highest BCUT2D eigenvalue weighted by Gasteiger charge is 2.26. The summed E-state index contributed by atoms with van der Waals surface area (Å²) in [5.74, 6) is 0. The van der Waals surface area contributed by atoms with Gasteiger partial charge in [0.05, 0.1) is 19.8 Å². The quantitative estimate of drug-likeness (QED) is 0.0517. The van der Waals surface area contributed by atoms with Crippen molar-refractivity contribution in [2.24, 2.45) is 0 Å². The van der Waals surface area contributed by atoms with E-state index < -0.39 is 7.82 Å². The van der Waals surface area contributed by atoms with E-state index in [9.17, 15) is 4.57 Å². The number of hydrogen-bond donors (Lipinski definition) is 0. The minimum atomic E-state index is -3.48. The summed E-state index contributed by atoms with van der Waals surface area (Å²) in [6.45, 7) is 6.54. The lowest BCUT2D eigenvalue weighted by Gasteiger charge is -2.19. The molecule has 0 saturated heterocycles. The molecule has 0 unspecified atom stereocenters. The van der Waals surface area contributed by atoms with Gasteiger partial charge in [0.2, 0.25) is 0 Å². The Bertz CT molecular complexity index is 523. The molecule has 0 spiro atoms. The summed E-state index contributed by atoms with van der Waals surface area (Å²) in [5, 5.41) is 0. The third-order valence-electron chi connectivity index (χ3n) is 8.28. The molecule has 0 rings (SSSR count). The molecule has 6 heteroatoms. The minimum absolute atomic E-state index is 0.363. The summed E-state index contributed by atoms with van der Waals surface area (Å²) >= 11 is 0. The SMILES string of the molecule is CCCCCCCCCCCCCCCCOP(=O)(OCCCCCCCCCCCCCCCC)OCCN(C)C. The van der Waals surface area contributed by atoms with E-state index in [4.69, 9.17) is 13.6 Å². The molecule has 254 valence electrons. The second-order valence-corrected chi connectivity index (χ2v) is 14.6. The standard InChI is InChI=1S/C36H76NO4P/c1-5-7-9-11-13-15-17-19-21-23-25-27-29-31-34-39-42(38,41-36-33-37(3)4)40-35-32-30-28-26-24-22-20-18-16-14-12-10-8-6-2/h5-36H2,1-4H3. The maximum Gasteiger partial charge on any atom is 0.474 e. The molecular weight excluding hydrogens is 541 g/mol. The highest BCUT2D eigenvalue weighted by atomic mass is 31.2. The first-order chi connectivity index (χ1) is 20.5. The zero-order valence-corrected chi connectivity index (χ0v) is 30.0. The van der Waals surface area contributed by atoms with E-state index in [1.807, 2.05) is 19.0 Å². The molecule has 42 heavy (non-hydrogen) atoms. The van der Waals surface area contributed by atoms with E-state index in [-0.39, 0.29) is 0 Å². The summed E-state index contributed by atoms with van der Waals surface area (Å²) in [4.78, 5) is 2.02. The van der Waals surface area contributed by atoms with Crippen LogP contribution in [0.15, 0.2) is 0 Å². The van der Waals surface area contributed by atoms with Gasteiger partial charge in [-0.1, -0.05) is 181 Å². The summed E-state index contributed by atoms with van der Waals surface area (Å²) < 4.78 is 30.3. The van der Waals surface area contributed by atoms with Crippen LogP contribution in [0.3, 0.4) is 0 Å². The molecule has 0 fully saturated rings. The number of phosphoric acid groups is 1. The van der Waals surface area contributed by atoms with Gasteiger partial charge in [-0.15, -0.1) is 0 Å². The molecule has 0 aromatic carbocycles. The van der Waals surface area contributed by atoms with Crippen LogP contribution in [0.1, 0.15) is 194 Å². The Morgan fingerprint density at radius 2 is 0.619 bits per heavy atom. The molecule has 0 aromatic rings. The predicted octanol–water partition coefficient (Wildman–Crippen LogP) is 12.7. The smallest absolute Gasteiger partial charge is 0.307 e. The first kappa shape index (κ1) is 42.1. The fraction of sp³-hybridized carbons (Fsp3) is 1.00. The van der Waals surface area contributed by atoms with Crippen LogP contribution in [-0.2, 0) is 18.1 Å². The second-order valence-electron chi connectivity index (χ2n) is 12.9. The molecule has 0 bridgehead atoms. The highest BCUT2D eigenvalue weighted by Crippen LogP contribution is 2.49. The van der Waals surface area contributed by atoms with E-state index in [1.54, 1.807) is 0 Å². The molecule has 0 saturated carbocycles. The molecule has 0 aliphatic rings. The molecule has 0 aliphatic carbocycles. The van der Waals surface area contributed by atoms with Crippen molar-refractivity contribution in [1.82, 2.24) is 4.90 Å². The molecule has 0 radical (unpaired) electrons. The Kier molecular flexibility index (Phi) is 34.0. The van der Waals surface area contributed by atoms with Gasteiger partial charge in [0, 0.05) is 6.54 Å². The molecule has 5 nitrogen and oxygen atoms in total. The molecule has 0 N–H and O–H groups in total. The van der Waals surface area contributed by atoms with Crippen LogP contribution in [0.5, 0.6) is 0 Å². The van der Waals surface area contributed by atoms with Crippen molar-refractivity contribution in [3.05, 3.63) is 0 Å². The fourth-order valence-electron chi connectivity index (χ4n) is 5.39. The van der Waals surface area contributed by atoms with Crippen molar-refractivity contribution in [3.63, 3.8) is 0 Å². The van der Waals surface area contributed by atoms with Gasteiger partial charge in [-0.05, 0) is 26.9 Å². The Morgan fingerprint density at radius 3 is 0.881 bits per heavy atom. The molecule has 0 aliphatic heterocycles. The molecule has 0 amide bonds. The van der Waals surface area contributed by atoms with Crippen molar-refractivity contribution in [2.45, 2.75) is 194 Å². The Labute approximate surface area is 264 Å². The lowest BCUT2D eigenvalue weighted by Crippen LogP contribution is -2.18. The Morgan fingerprint density at radius 1 is 0.381 bits per heavy atom. The van der Waals surface area contributed by atoms with Gasteiger partial charge in [-0.25, -0.2) is 4.57 Å². The first-order valence-electron chi connectivity index (χ1n) is 18.7. The van der Waals surface area contributed by atoms with Gasteiger partial charge < -0.3 is 4.90 Å². The van der Waals surface area contributed by atoms with Crippen LogP contribution >= 0.6 is 7.82 Å². The number of rotatable bonds is 36. The summed E-state index contributed by atoms with van der Waals surface area (Å²) in [7, 11) is 0.496. The first-order valence-corrected chi connectivity index (χ1v) is 20.2. The number of likely N-dealkylation sites (N-methyl/N-ethyl adjacent to an activating group) is 1. The molecular formula is C36H76NO4P. The number of nitrogens with zero attached hydrogens (tertiary/aromatic N) is 1. The summed E-state index contributed by atoms with van der Waals surface area (Å²) in [6, 6.07) is 0. The van der Waals surface area contributed by atoms with Gasteiger partial charge >= 0.3 is 7.82 Å². The largest absolute Gasteiger partial charge is 0.474 e. The maximum atomic E-state index is 13.2. The normalized spacial score (nSPS) is 12.1. The zero-order chi connectivity index (χ0) is 30.8. The summed E-state index contributed by atoms with van der Waals surface area (Å²) in [6.07, 6.45) is 37.0. The van der Waals surface area contributed by atoms with Gasteiger partial charge in [0.1, 0.15) is 0 Å². The van der Waals surface area contributed by atoms with Crippen molar-refractivity contribution < 1.29 is 18.1 Å². The Hall–Kier alpha value is 0.0700. The van der Waals surface area contributed by atoms with Gasteiger partial charge in [-0.3, -0.25) is 13.6 Å². The van der Waals surface area contributed by atoms with Crippen LogP contribution in [0, 0.1) is 0 Å². The van der Waals surface area contributed by atoms with Crippen LogP contribution in [-0.4, -0.2) is 45.4 Å². The zero-order valence-electron chi connectivity index (χ0n) is 29.2. The van der Waals surface area contributed by atoms with Crippen molar-refractivity contribution >= 4 is 7.82 Å². The van der Waals surface area contributed by atoms with Crippen molar-refractivity contribution in [1.29, 1.82) is 0 Å². The number of unbranched alkanes of at least 4 members (excludes halogenated alkanes) is 26. The number of phosphoric ester groups is 1. The molecule has 0 aromatic heterocycles. The lowest BCUT2D eigenvalue weighted by atomic mass is 10.0. The van der Waals surface area contributed by atoms with E-state index in [0.717, 1.165) is 25.7 Å². The predicted molar refractivity (Wildman–Crippen MR) is 185 cm³/mol. The minimum Gasteiger partial charge on any atom is -0.307 e. The van der Waals surface area contributed by atoms with E-state index in [2.05, 4.69) is 13.8 Å². The van der Waals surface area contributed by atoms with Crippen molar-refractivity contribution in [3.8, 4) is 0 Å². The van der Waals surface area contributed by atoms with E-state index >= 15 is 0 Å². The Balaban J connectivity index is 3.78. The van der Waals surface area contributed by atoms with Crippen LogP contribution in [0.25, 0.3) is 0 Å². The number of hydrogen-bond acceptors (Lipinski definition) is 5.